The number of para-hydroxylation sites is 2. The summed E-state index contributed by atoms with van der Waals surface area (Å²) in [6.07, 6.45) is 0. The Morgan fingerprint density at radius 1 is 0.714 bits per heavy atom. The van der Waals surface area contributed by atoms with Crippen LogP contribution in [0.25, 0.3) is 27.5 Å². The van der Waals surface area contributed by atoms with Crippen LogP contribution in [-0.2, 0) is 0 Å². The van der Waals surface area contributed by atoms with Gasteiger partial charge in [-0.25, -0.2) is 0 Å². The minimum atomic E-state index is 0.157. The lowest BCUT2D eigenvalue weighted by molar-refractivity contribution is 1.19. The van der Waals surface area contributed by atoms with E-state index in [0.717, 1.165) is 27.4 Å². The highest BCUT2D eigenvalue weighted by atomic mass is 15.0. The van der Waals surface area contributed by atoms with E-state index in [1.165, 1.54) is 22.1 Å². The zero-order valence-electron chi connectivity index (χ0n) is 15.1. The molecule has 2 nitrogen and oxygen atoms in total. The molecule has 0 amide bonds. The third kappa shape index (κ3) is 1.87. The van der Waals surface area contributed by atoms with Gasteiger partial charge in [-0.2, -0.15) is 5.26 Å². The summed E-state index contributed by atoms with van der Waals surface area (Å²) in [5.74, 6) is 0. The van der Waals surface area contributed by atoms with Crippen LogP contribution < -0.4 is 16.4 Å². The first-order chi connectivity index (χ1) is 13.9. The van der Waals surface area contributed by atoms with E-state index in [0.29, 0.717) is 0 Å². The van der Waals surface area contributed by atoms with Crippen molar-refractivity contribution < 1.29 is 0 Å². The molecule has 128 valence electrons. The summed E-state index contributed by atoms with van der Waals surface area (Å²) in [5, 5.41) is 12.0. The van der Waals surface area contributed by atoms with E-state index in [4.69, 9.17) is 0 Å². The molecule has 5 aromatic rings. The van der Waals surface area contributed by atoms with Gasteiger partial charge in [0.1, 0.15) is 0 Å². The van der Waals surface area contributed by atoms with Gasteiger partial charge in [-0.1, -0.05) is 78.3 Å². The van der Waals surface area contributed by atoms with E-state index in [9.17, 15) is 5.26 Å². The van der Waals surface area contributed by atoms with Gasteiger partial charge < -0.3 is 4.57 Å². The van der Waals surface area contributed by atoms with Crippen LogP contribution in [0.4, 0.5) is 0 Å². The van der Waals surface area contributed by atoms with E-state index in [-0.39, 0.29) is 6.71 Å². The highest BCUT2D eigenvalue weighted by Crippen LogP contribution is 2.34. The van der Waals surface area contributed by atoms with Gasteiger partial charge in [0, 0.05) is 16.5 Å². The topological polar surface area (TPSA) is 28.7 Å². The lowest BCUT2D eigenvalue weighted by Crippen LogP contribution is -2.55. The molecule has 2 heterocycles. The molecule has 0 N–H and O–H groups in total. The van der Waals surface area contributed by atoms with Crippen molar-refractivity contribution in [2.24, 2.45) is 0 Å². The lowest BCUT2D eigenvalue weighted by atomic mass is 9.35. The summed E-state index contributed by atoms with van der Waals surface area (Å²) in [4.78, 5) is 0. The number of rotatable bonds is 1. The molecule has 0 unspecified atom stereocenters. The molecule has 0 atom stereocenters. The van der Waals surface area contributed by atoms with Crippen LogP contribution in [0.5, 0.6) is 0 Å². The largest absolute Gasteiger partial charge is 0.310 e. The Hall–Kier alpha value is -3.77. The number of hydrogen-bond acceptors (Lipinski definition) is 1. The van der Waals surface area contributed by atoms with Crippen molar-refractivity contribution in [3.63, 3.8) is 0 Å². The van der Waals surface area contributed by atoms with Crippen molar-refractivity contribution >= 4 is 44.9 Å². The van der Waals surface area contributed by atoms with Gasteiger partial charge in [0.15, 0.2) is 0 Å². The van der Waals surface area contributed by atoms with Crippen LogP contribution in [0, 0.1) is 11.3 Å². The van der Waals surface area contributed by atoms with E-state index in [1.807, 2.05) is 6.07 Å². The Labute approximate surface area is 163 Å². The van der Waals surface area contributed by atoms with Gasteiger partial charge in [0.25, 0.3) is 0 Å². The average Bonchev–Trinajstić information content (AvgIpc) is 3.12. The minimum Gasteiger partial charge on any atom is -0.310 e. The lowest BCUT2D eigenvalue weighted by Gasteiger charge is -2.27. The van der Waals surface area contributed by atoms with Crippen molar-refractivity contribution in [2.45, 2.75) is 0 Å². The molecule has 4 aromatic carbocycles. The highest BCUT2D eigenvalue weighted by Gasteiger charge is 2.33. The summed E-state index contributed by atoms with van der Waals surface area (Å²) in [6.45, 7) is 0.157. The average molecular weight is 354 g/mol. The second-order valence-corrected chi connectivity index (χ2v) is 7.29. The third-order valence-corrected chi connectivity index (χ3v) is 5.90. The standard InChI is InChI=1S/C25H15BN2/c27-16-17-14-15-21-25-24(17)19-10-4-6-12-22(19)28(25)23-13-7-5-11-20(23)26(21)18-8-2-1-3-9-18/h1-15H. The molecule has 0 spiro atoms. The third-order valence-electron chi connectivity index (χ3n) is 5.90. The molecule has 0 bridgehead atoms. The van der Waals surface area contributed by atoms with Crippen molar-refractivity contribution in [2.75, 3.05) is 0 Å². The van der Waals surface area contributed by atoms with Crippen molar-refractivity contribution in [3.05, 3.63) is 96.6 Å². The van der Waals surface area contributed by atoms with E-state index >= 15 is 0 Å². The molecule has 1 aliphatic rings. The first kappa shape index (κ1) is 15.3. The first-order valence-electron chi connectivity index (χ1n) is 9.49. The van der Waals surface area contributed by atoms with Gasteiger partial charge in [0.2, 0.25) is 6.71 Å². The molecule has 1 aliphatic heterocycles. The Kier molecular flexibility index (Phi) is 3.07. The maximum absolute atomic E-state index is 9.80. The number of nitriles is 1. The number of aromatic nitrogens is 1. The summed E-state index contributed by atoms with van der Waals surface area (Å²) >= 11 is 0. The molecule has 28 heavy (non-hydrogen) atoms. The molecular weight excluding hydrogens is 339 g/mol. The number of hydrogen-bond donors (Lipinski definition) is 0. The molecule has 6 rings (SSSR count). The minimum absolute atomic E-state index is 0.157. The second kappa shape index (κ2) is 5.61. The number of nitrogens with zero attached hydrogens (tertiary/aromatic N) is 2. The molecule has 1 aromatic heterocycles. The summed E-state index contributed by atoms with van der Waals surface area (Å²) in [5.41, 5.74) is 8.08. The van der Waals surface area contributed by atoms with Gasteiger partial charge >= 0.3 is 0 Å². The van der Waals surface area contributed by atoms with Gasteiger partial charge in [-0.15, -0.1) is 0 Å². The van der Waals surface area contributed by atoms with Crippen LogP contribution in [0.15, 0.2) is 91.0 Å². The fourth-order valence-corrected chi connectivity index (χ4v) is 4.81. The zero-order chi connectivity index (χ0) is 18.7. The summed E-state index contributed by atoms with van der Waals surface area (Å²) in [6, 6.07) is 34.2. The summed E-state index contributed by atoms with van der Waals surface area (Å²) < 4.78 is 2.34. The van der Waals surface area contributed by atoms with Crippen LogP contribution in [0.3, 0.4) is 0 Å². The molecule has 0 saturated carbocycles. The zero-order valence-corrected chi connectivity index (χ0v) is 15.1. The molecule has 3 heteroatoms. The van der Waals surface area contributed by atoms with Gasteiger partial charge in [0.05, 0.1) is 22.7 Å². The Morgan fingerprint density at radius 2 is 1.46 bits per heavy atom. The molecule has 0 radical (unpaired) electrons. The maximum Gasteiger partial charge on any atom is 0.246 e. The van der Waals surface area contributed by atoms with E-state index < -0.39 is 0 Å². The van der Waals surface area contributed by atoms with Crippen molar-refractivity contribution in [3.8, 4) is 11.8 Å². The van der Waals surface area contributed by atoms with Crippen LogP contribution >= 0.6 is 0 Å². The van der Waals surface area contributed by atoms with Crippen molar-refractivity contribution in [1.82, 2.24) is 4.57 Å². The van der Waals surface area contributed by atoms with E-state index in [2.05, 4.69) is 95.6 Å². The monoisotopic (exact) mass is 354 g/mol. The Bertz CT molecular complexity index is 1420. The Morgan fingerprint density at radius 3 is 2.32 bits per heavy atom. The van der Waals surface area contributed by atoms with Crippen molar-refractivity contribution in [1.29, 1.82) is 5.26 Å². The SMILES string of the molecule is N#Cc1ccc2c3c1c1ccccc1n3-c1ccccc1B2c1ccccc1. The van der Waals surface area contributed by atoms with Crippen LogP contribution in [0.2, 0.25) is 0 Å². The Balaban J connectivity index is 1.88. The molecule has 0 aliphatic carbocycles. The smallest absolute Gasteiger partial charge is 0.246 e. The molecule has 0 saturated heterocycles. The predicted molar refractivity (Wildman–Crippen MR) is 117 cm³/mol. The quantitative estimate of drug-likeness (QED) is 0.416. The highest BCUT2D eigenvalue weighted by molar-refractivity contribution is 6.98. The van der Waals surface area contributed by atoms with Gasteiger partial charge in [-0.3, -0.25) is 0 Å². The fourth-order valence-electron chi connectivity index (χ4n) is 4.81. The molecule has 0 fully saturated rings. The second-order valence-electron chi connectivity index (χ2n) is 7.29. The van der Waals surface area contributed by atoms with Crippen LogP contribution in [-0.4, -0.2) is 11.3 Å². The number of fused-ring (bicyclic) bond motifs is 5. The normalized spacial score (nSPS) is 12.2. The number of benzene rings is 4. The summed E-state index contributed by atoms with van der Waals surface area (Å²) in [7, 11) is 0. The predicted octanol–water partition coefficient (Wildman–Crippen LogP) is 3.48. The fraction of sp³-hybridized carbons (Fsp3) is 0. The van der Waals surface area contributed by atoms with Gasteiger partial charge in [-0.05, 0) is 29.1 Å². The maximum atomic E-state index is 9.80. The van der Waals surface area contributed by atoms with Crippen LogP contribution in [0.1, 0.15) is 5.56 Å². The van der Waals surface area contributed by atoms with E-state index in [1.54, 1.807) is 0 Å². The molecular formula is C25H15BN2. The first-order valence-corrected chi connectivity index (χ1v) is 9.49.